The molecule has 0 spiro atoms. The van der Waals surface area contributed by atoms with Crippen LogP contribution in [-0.2, 0) is 16.0 Å². The van der Waals surface area contributed by atoms with Crippen LogP contribution >= 0.6 is 11.3 Å². The Labute approximate surface area is 151 Å². The highest BCUT2D eigenvalue weighted by atomic mass is 32.1. The molecule has 2 amide bonds. The number of aldehydes is 1. The van der Waals surface area contributed by atoms with Crippen LogP contribution in [0.5, 0.6) is 0 Å². The summed E-state index contributed by atoms with van der Waals surface area (Å²) in [6, 6.07) is 1.97. The van der Waals surface area contributed by atoms with E-state index in [4.69, 9.17) is 0 Å². The molecule has 2 rings (SSSR count). The first-order valence-corrected chi connectivity index (χ1v) is 8.56. The van der Waals surface area contributed by atoms with Crippen molar-refractivity contribution < 1.29 is 23.2 Å². The summed E-state index contributed by atoms with van der Waals surface area (Å²) in [5, 5.41) is 12.5. The highest BCUT2D eigenvalue weighted by molar-refractivity contribution is 7.16. The van der Waals surface area contributed by atoms with Crippen LogP contribution in [0.1, 0.15) is 35.1 Å². The molecule has 1 aromatic carbocycles. The number of carbonyl (C=O) groups is 3. The van der Waals surface area contributed by atoms with Gasteiger partial charge in [0.1, 0.15) is 17.7 Å². The van der Waals surface area contributed by atoms with E-state index in [0.29, 0.717) is 25.2 Å². The summed E-state index contributed by atoms with van der Waals surface area (Å²) in [6.45, 7) is 1.84. The number of nitrogens with one attached hydrogen (secondary N) is 2. The van der Waals surface area contributed by atoms with Crippen molar-refractivity contribution in [1.29, 1.82) is 0 Å². The van der Waals surface area contributed by atoms with Crippen molar-refractivity contribution in [1.82, 2.24) is 15.5 Å². The van der Waals surface area contributed by atoms with E-state index in [2.05, 4.69) is 20.8 Å². The van der Waals surface area contributed by atoms with Gasteiger partial charge in [-0.05, 0) is 24.1 Å². The molecule has 138 valence electrons. The first-order chi connectivity index (χ1) is 12.4. The smallest absolute Gasteiger partial charge is 0.248 e. The second-order valence-corrected chi connectivity index (χ2v) is 6.42. The van der Waals surface area contributed by atoms with Gasteiger partial charge in [-0.2, -0.15) is 0 Å². The minimum atomic E-state index is -0.852. The summed E-state index contributed by atoms with van der Waals surface area (Å²) in [4.78, 5) is 35.0. The maximum absolute atomic E-state index is 13.2. The van der Waals surface area contributed by atoms with Gasteiger partial charge in [0.05, 0.1) is 6.42 Å². The van der Waals surface area contributed by atoms with E-state index in [9.17, 15) is 23.2 Å². The maximum Gasteiger partial charge on any atom is 0.248 e. The number of carbonyl (C=O) groups excluding carboxylic acids is 3. The zero-order chi connectivity index (χ0) is 19.1. The van der Waals surface area contributed by atoms with E-state index >= 15 is 0 Å². The molecule has 2 aromatic rings. The Morgan fingerprint density at radius 3 is 2.50 bits per heavy atom. The Kier molecular flexibility index (Phi) is 6.84. The number of benzene rings is 1. The van der Waals surface area contributed by atoms with E-state index in [1.807, 2.05) is 6.92 Å². The summed E-state index contributed by atoms with van der Waals surface area (Å²) in [6.07, 6.45) is 1.21. The van der Waals surface area contributed by atoms with Gasteiger partial charge in [0, 0.05) is 6.07 Å². The zero-order valence-electron chi connectivity index (χ0n) is 13.8. The van der Waals surface area contributed by atoms with Crippen LogP contribution in [0, 0.1) is 11.6 Å². The van der Waals surface area contributed by atoms with E-state index in [1.165, 1.54) is 0 Å². The third-order valence-electron chi connectivity index (χ3n) is 3.29. The van der Waals surface area contributed by atoms with Crippen molar-refractivity contribution in [3.8, 4) is 0 Å². The van der Waals surface area contributed by atoms with Gasteiger partial charge < -0.3 is 5.32 Å². The summed E-state index contributed by atoms with van der Waals surface area (Å²) >= 11 is 0.903. The van der Waals surface area contributed by atoms with Gasteiger partial charge in [-0.25, -0.2) is 8.78 Å². The summed E-state index contributed by atoms with van der Waals surface area (Å²) < 4.78 is 26.4. The van der Waals surface area contributed by atoms with Gasteiger partial charge in [0.15, 0.2) is 11.3 Å². The van der Waals surface area contributed by atoms with Crippen molar-refractivity contribution in [3.05, 3.63) is 40.4 Å². The molecule has 1 heterocycles. The molecule has 0 fully saturated rings. The SMILES string of the molecule is CCCC(NC(=O)Cc1cc(F)cc(F)c1)C(=O)Nc1nnc(C=O)s1. The average Bonchev–Trinajstić information content (AvgIpc) is 3.01. The van der Waals surface area contributed by atoms with Crippen LogP contribution < -0.4 is 10.6 Å². The van der Waals surface area contributed by atoms with Gasteiger partial charge in [-0.15, -0.1) is 10.2 Å². The lowest BCUT2D eigenvalue weighted by molar-refractivity contribution is -0.126. The second-order valence-electron chi connectivity index (χ2n) is 5.42. The quantitative estimate of drug-likeness (QED) is 0.681. The number of hydrogen-bond acceptors (Lipinski definition) is 6. The largest absolute Gasteiger partial charge is 0.344 e. The zero-order valence-corrected chi connectivity index (χ0v) is 14.6. The fourth-order valence-electron chi connectivity index (χ4n) is 2.23. The maximum atomic E-state index is 13.2. The molecule has 0 aliphatic heterocycles. The fraction of sp³-hybridized carbons (Fsp3) is 0.312. The third-order valence-corrected chi connectivity index (χ3v) is 4.05. The molecule has 1 aromatic heterocycles. The Hall–Kier alpha value is -2.75. The first kappa shape index (κ1) is 19.6. The van der Waals surface area contributed by atoms with E-state index in [0.717, 1.165) is 23.5 Å². The van der Waals surface area contributed by atoms with Crippen molar-refractivity contribution in [2.45, 2.75) is 32.2 Å². The fourth-order valence-corrected chi connectivity index (χ4v) is 2.79. The molecule has 0 aliphatic rings. The predicted octanol–water partition coefficient (Wildman–Crippen LogP) is 2.09. The van der Waals surface area contributed by atoms with Crippen LogP contribution in [-0.4, -0.2) is 34.3 Å². The average molecular weight is 382 g/mol. The Bertz CT molecular complexity index is 792. The third kappa shape index (κ3) is 5.66. The van der Waals surface area contributed by atoms with Crippen molar-refractivity contribution >= 4 is 34.6 Å². The van der Waals surface area contributed by atoms with Crippen molar-refractivity contribution in [2.24, 2.45) is 0 Å². The predicted molar refractivity (Wildman–Crippen MR) is 90.8 cm³/mol. The molecule has 10 heteroatoms. The summed E-state index contributed by atoms with van der Waals surface area (Å²) in [5.74, 6) is -2.62. The topological polar surface area (TPSA) is 101 Å². The molecule has 0 bridgehead atoms. The molecular formula is C16H16F2N4O3S. The first-order valence-electron chi connectivity index (χ1n) is 7.75. The normalized spacial score (nSPS) is 11.7. The van der Waals surface area contributed by atoms with Gasteiger partial charge in [-0.3, -0.25) is 19.7 Å². The number of rotatable bonds is 8. The molecule has 0 saturated carbocycles. The molecule has 1 atom stereocenters. The van der Waals surface area contributed by atoms with Crippen LogP contribution in [0.4, 0.5) is 13.9 Å². The number of aromatic nitrogens is 2. The molecule has 1 unspecified atom stereocenters. The molecule has 0 aliphatic carbocycles. The lowest BCUT2D eigenvalue weighted by atomic mass is 10.1. The second kappa shape index (κ2) is 9.09. The number of anilines is 1. The number of nitrogens with zero attached hydrogens (tertiary/aromatic N) is 2. The monoisotopic (exact) mass is 382 g/mol. The highest BCUT2D eigenvalue weighted by Gasteiger charge is 2.21. The van der Waals surface area contributed by atoms with Gasteiger partial charge >= 0.3 is 0 Å². The van der Waals surface area contributed by atoms with E-state index in [-0.39, 0.29) is 22.1 Å². The van der Waals surface area contributed by atoms with Crippen LogP contribution in [0.25, 0.3) is 0 Å². The molecule has 26 heavy (non-hydrogen) atoms. The molecule has 7 nitrogen and oxygen atoms in total. The van der Waals surface area contributed by atoms with Crippen LogP contribution in [0.3, 0.4) is 0 Å². The van der Waals surface area contributed by atoms with E-state index < -0.39 is 29.5 Å². The summed E-state index contributed by atoms with van der Waals surface area (Å²) in [5.41, 5.74) is 0.162. The number of hydrogen-bond donors (Lipinski definition) is 2. The minimum Gasteiger partial charge on any atom is -0.344 e. The van der Waals surface area contributed by atoms with Crippen LogP contribution in [0.15, 0.2) is 18.2 Å². The Morgan fingerprint density at radius 2 is 1.92 bits per heavy atom. The molecule has 0 saturated heterocycles. The standard InChI is InChI=1S/C16H16F2N4O3S/c1-2-3-12(15(25)20-16-22-21-14(8-23)26-16)19-13(24)6-9-4-10(17)7-11(18)5-9/h4-5,7-8,12H,2-3,6H2,1H3,(H,19,24)(H,20,22,25). The molecule has 2 N–H and O–H groups in total. The summed E-state index contributed by atoms with van der Waals surface area (Å²) in [7, 11) is 0. The number of halogens is 2. The highest BCUT2D eigenvalue weighted by Crippen LogP contribution is 2.14. The molecular weight excluding hydrogens is 366 g/mol. The lowest BCUT2D eigenvalue weighted by Gasteiger charge is -2.17. The Balaban J connectivity index is 2.00. The van der Waals surface area contributed by atoms with Crippen LogP contribution in [0.2, 0.25) is 0 Å². The number of amides is 2. The Morgan fingerprint density at radius 1 is 1.23 bits per heavy atom. The van der Waals surface area contributed by atoms with E-state index in [1.54, 1.807) is 0 Å². The molecule has 0 radical (unpaired) electrons. The lowest BCUT2D eigenvalue weighted by Crippen LogP contribution is -2.44. The van der Waals surface area contributed by atoms with Gasteiger partial charge in [-0.1, -0.05) is 24.7 Å². The van der Waals surface area contributed by atoms with Crippen molar-refractivity contribution in [3.63, 3.8) is 0 Å². The van der Waals surface area contributed by atoms with Crippen molar-refractivity contribution in [2.75, 3.05) is 5.32 Å². The minimum absolute atomic E-state index is 0.115. The van der Waals surface area contributed by atoms with Gasteiger partial charge in [0.25, 0.3) is 0 Å². The van der Waals surface area contributed by atoms with Gasteiger partial charge in [0.2, 0.25) is 16.9 Å².